The average Bonchev–Trinajstić information content (AvgIpc) is 3.02. The van der Waals surface area contributed by atoms with Crippen LogP contribution in [0, 0.1) is 0 Å². The van der Waals surface area contributed by atoms with Crippen molar-refractivity contribution in [2.24, 2.45) is 0 Å². The highest BCUT2D eigenvalue weighted by molar-refractivity contribution is 7.94. The first-order chi connectivity index (χ1) is 11.8. The molecule has 0 unspecified atom stereocenters. The zero-order valence-corrected chi connectivity index (χ0v) is 16.8. The minimum atomic E-state index is -3.64. The highest BCUT2D eigenvalue weighted by atomic mass is 35.5. The summed E-state index contributed by atoms with van der Waals surface area (Å²) in [5.74, 6) is 0.809. The van der Waals surface area contributed by atoms with E-state index in [1.165, 1.54) is 6.07 Å². The Hall–Kier alpha value is -1.28. The Morgan fingerprint density at radius 2 is 2.00 bits per heavy atom. The molecule has 0 aliphatic heterocycles. The monoisotopic (exact) mass is 400 g/mol. The van der Waals surface area contributed by atoms with E-state index < -0.39 is 10.0 Å². The van der Waals surface area contributed by atoms with Crippen molar-refractivity contribution in [1.82, 2.24) is 4.90 Å². The molecular formula is C17H21ClN2O3S2. The highest BCUT2D eigenvalue weighted by Gasteiger charge is 2.27. The lowest BCUT2D eigenvalue weighted by Gasteiger charge is -2.32. The molecule has 1 N–H and O–H groups in total. The minimum Gasteiger partial charge on any atom is -0.496 e. The molecule has 136 valence electrons. The molecule has 0 fully saturated rings. The first-order valence-corrected chi connectivity index (χ1v) is 10.6. The number of sulfonamides is 1. The number of likely N-dealkylation sites (N-methyl/N-ethyl adjacent to an activating group) is 1. The summed E-state index contributed by atoms with van der Waals surface area (Å²) in [7, 11) is 2.13. The van der Waals surface area contributed by atoms with Crippen LogP contribution in [-0.2, 0) is 22.9 Å². The Labute approximate surface area is 157 Å². The van der Waals surface area contributed by atoms with Crippen LogP contribution in [-0.4, -0.2) is 40.6 Å². The third kappa shape index (κ3) is 3.79. The molecule has 25 heavy (non-hydrogen) atoms. The van der Waals surface area contributed by atoms with Crippen molar-refractivity contribution < 1.29 is 13.2 Å². The van der Waals surface area contributed by atoms with E-state index >= 15 is 0 Å². The topological polar surface area (TPSA) is 58.6 Å². The standard InChI is InChI=1S/C17H21ClN2O3S2/c1-20(2)11-4-5-12-13(10-11)15(23-3)7-6-14(12)19-25(21,22)17-9-8-16(18)24-17/h6-9,11,19H,4-5,10H2,1-3H3/t11-/m0/s1. The van der Waals surface area contributed by atoms with Crippen molar-refractivity contribution in [1.29, 1.82) is 0 Å². The lowest BCUT2D eigenvalue weighted by molar-refractivity contribution is 0.265. The Morgan fingerprint density at radius 3 is 2.60 bits per heavy atom. The molecule has 5 nitrogen and oxygen atoms in total. The maximum atomic E-state index is 12.6. The Bertz CT molecular complexity index is 878. The Morgan fingerprint density at radius 1 is 1.24 bits per heavy atom. The fraction of sp³-hybridized carbons (Fsp3) is 0.412. The van der Waals surface area contributed by atoms with Crippen LogP contribution in [0.1, 0.15) is 17.5 Å². The summed E-state index contributed by atoms with van der Waals surface area (Å²) < 4.78 is 34.1. The zero-order chi connectivity index (χ0) is 18.2. The first-order valence-electron chi connectivity index (χ1n) is 7.95. The molecule has 1 aromatic heterocycles. The van der Waals surface area contributed by atoms with Gasteiger partial charge < -0.3 is 9.64 Å². The molecule has 0 saturated carbocycles. The van der Waals surface area contributed by atoms with Crippen molar-refractivity contribution in [3.05, 3.63) is 39.7 Å². The molecule has 0 spiro atoms. The molecule has 1 atom stereocenters. The van der Waals surface area contributed by atoms with Gasteiger partial charge in [-0.2, -0.15) is 0 Å². The van der Waals surface area contributed by atoms with Crippen LogP contribution in [0.15, 0.2) is 28.5 Å². The van der Waals surface area contributed by atoms with Crippen LogP contribution in [0.4, 0.5) is 5.69 Å². The van der Waals surface area contributed by atoms with E-state index in [9.17, 15) is 8.42 Å². The molecule has 0 amide bonds. The molecule has 2 aromatic rings. The lowest BCUT2D eigenvalue weighted by atomic mass is 9.86. The van der Waals surface area contributed by atoms with Gasteiger partial charge in [0.25, 0.3) is 10.0 Å². The van der Waals surface area contributed by atoms with Gasteiger partial charge in [-0.1, -0.05) is 11.6 Å². The number of thiophene rings is 1. The first kappa shape index (κ1) is 18.5. The molecule has 1 heterocycles. The number of nitrogens with one attached hydrogen (secondary N) is 1. The number of fused-ring (bicyclic) bond motifs is 1. The summed E-state index contributed by atoms with van der Waals surface area (Å²) >= 11 is 6.92. The summed E-state index contributed by atoms with van der Waals surface area (Å²) in [5, 5.41) is 0. The van der Waals surface area contributed by atoms with E-state index in [1.54, 1.807) is 19.2 Å². The van der Waals surface area contributed by atoms with Crippen LogP contribution < -0.4 is 9.46 Å². The summed E-state index contributed by atoms with van der Waals surface area (Å²) in [6, 6.07) is 7.14. The van der Waals surface area contributed by atoms with Crippen LogP contribution in [0.5, 0.6) is 5.75 Å². The zero-order valence-electron chi connectivity index (χ0n) is 14.4. The number of methoxy groups -OCH3 is 1. The molecule has 8 heteroatoms. The van der Waals surface area contributed by atoms with Gasteiger partial charge in [0.15, 0.2) is 0 Å². The second-order valence-corrected chi connectivity index (χ2v) is 9.92. The van der Waals surface area contributed by atoms with Gasteiger partial charge in [0, 0.05) is 11.6 Å². The van der Waals surface area contributed by atoms with Crippen molar-refractivity contribution in [2.45, 2.75) is 29.5 Å². The van der Waals surface area contributed by atoms with E-state index in [-0.39, 0.29) is 4.21 Å². The molecule has 1 aromatic carbocycles. The number of rotatable bonds is 5. The summed E-state index contributed by atoms with van der Waals surface area (Å²) in [4.78, 5) is 2.20. The fourth-order valence-corrected chi connectivity index (χ4v) is 5.77. The fourth-order valence-electron chi connectivity index (χ4n) is 3.19. The third-order valence-electron chi connectivity index (χ3n) is 4.56. The van der Waals surface area contributed by atoms with E-state index in [4.69, 9.17) is 16.3 Å². The Balaban J connectivity index is 1.97. The highest BCUT2D eigenvalue weighted by Crippen LogP contribution is 2.37. The number of hydrogen-bond acceptors (Lipinski definition) is 5. The van der Waals surface area contributed by atoms with E-state index in [0.717, 1.165) is 47.5 Å². The minimum absolute atomic E-state index is 0.212. The third-order valence-corrected chi connectivity index (χ3v) is 7.65. The summed E-state index contributed by atoms with van der Waals surface area (Å²) in [6.07, 6.45) is 2.62. The SMILES string of the molecule is COc1ccc(NS(=O)(=O)c2ccc(Cl)s2)c2c1C[C@@H](N(C)C)CC2. The predicted molar refractivity (Wildman–Crippen MR) is 103 cm³/mol. The van der Waals surface area contributed by atoms with Crippen molar-refractivity contribution in [2.75, 3.05) is 25.9 Å². The van der Waals surface area contributed by atoms with Crippen LogP contribution in [0.25, 0.3) is 0 Å². The van der Waals surface area contributed by atoms with Crippen molar-refractivity contribution >= 4 is 38.6 Å². The van der Waals surface area contributed by atoms with Crippen LogP contribution in [0.3, 0.4) is 0 Å². The van der Waals surface area contributed by atoms with Gasteiger partial charge in [-0.05, 0) is 63.2 Å². The smallest absolute Gasteiger partial charge is 0.271 e. The van der Waals surface area contributed by atoms with Gasteiger partial charge in [-0.15, -0.1) is 11.3 Å². The van der Waals surface area contributed by atoms with Gasteiger partial charge in [-0.3, -0.25) is 4.72 Å². The predicted octanol–water partition coefficient (Wildman–Crippen LogP) is 3.63. The van der Waals surface area contributed by atoms with Crippen molar-refractivity contribution in [3.8, 4) is 5.75 Å². The summed E-state index contributed by atoms with van der Waals surface area (Å²) in [6.45, 7) is 0. The largest absolute Gasteiger partial charge is 0.496 e. The van der Waals surface area contributed by atoms with Gasteiger partial charge in [0.05, 0.1) is 17.1 Å². The Kier molecular flexibility index (Phi) is 5.29. The number of hydrogen-bond donors (Lipinski definition) is 1. The molecule has 1 aliphatic carbocycles. The van der Waals surface area contributed by atoms with E-state index in [2.05, 4.69) is 23.7 Å². The van der Waals surface area contributed by atoms with E-state index in [1.807, 2.05) is 6.07 Å². The molecule has 3 rings (SSSR count). The van der Waals surface area contributed by atoms with E-state index in [0.29, 0.717) is 16.1 Å². The normalized spacial score (nSPS) is 17.4. The maximum absolute atomic E-state index is 12.6. The lowest BCUT2D eigenvalue weighted by Crippen LogP contribution is -2.34. The van der Waals surface area contributed by atoms with Gasteiger partial charge in [-0.25, -0.2) is 8.42 Å². The molecule has 0 saturated heterocycles. The molecule has 0 radical (unpaired) electrons. The number of nitrogens with zero attached hydrogens (tertiary/aromatic N) is 1. The molecular weight excluding hydrogens is 380 g/mol. The number of halogens is 1. The van der Waals surface area contributed by atoms with Crippen LogP contribution >= 0.6 is 22.9 Å². The quantitative estimate of drug-likeness (QED) is 0.832. The van der Waals surface area contributed by atoms with Crippen molar-refractivity contribution in [3.63, 3.8) is 0 Å². The van der Waals surface area contributed by atoms with Gasteiger partial charge in [0.2, 0.25) is 0 Å². The second kappa shape index (κ2) is 7.15. The van der Waals surface area contributed by atoms with Gasteiger partial charge >= 0.3 is 0 Å². The maximum Gasteiger partial charge on any atom is 0.271 e. The summed E-state index contributed by atoms with van der Waals surface area (Å²) in [5.41, 5.74) is 2.72. The molecule has 1 aliphatic rings. The number of ether oxygens (including phenoxy) is 1. The second-order valence-electron chi connectivity index (χ2n) is 6.30. The number of anilines is 1. The van der Waals surface area contributed by atoms with Crippen LogP contribution in [0.2, 0.25) is 4.34 Å². The molecule has 0 bridgehead atoms. The average molecular weight is 401 g/mol. The van der Waals surface area contributed by atoms with Gasteiger partial charge in [0.1, 0.15) is 9.96 Å². The number of benzene rings is 1.